The normalized spacial score (nSPS) is 15.1. The SMILES string of the molecule is C=C(c1ccc(Cl)c(Cn2ncc3cc(C(F)(F)F)cc(C)c32)c1Cl)N1CCC(CC(=O)O)CC1. The van der Waals surface area contributed by atoms with Crippen molar-refractivity contribution in [3.63, 3.8) is 0 Å². The molecule has 0 saturated carbocycles. The molecule has 5 nitrogen and oxygen atoms in total. The summed E-state index contributed by atoms with van der Waals surface area (Å²) in [6.45, 7) is 7.36. The number of alkyl halides is 3. The van der Waals surface area contributed by atoms with E-state index in [0.717, 1.165) is 30.7 Å². The lowest BCUT2D eigenvalue weighted by Gasteiger charge is -2.34. The van der Waals surface area contributed by atoms with Crippen molar-refractivity contribution >= 4 is 45.8 Å². The first-order chi connectivity index (χ1) is 16.5. The number of carbonyl (C=O) groups is 1. The van der Waals surface area contributed by atoms with Crippen LogP contribution in [0.4, 0.5) is 13.2 Å². The first-order valence-corrected chi connectivity index (χ1v) is 11.9. The van der Waals surface area contributed by atoms with E-state index < -0.39 is 17.7 Å². The second-order valence-corrected chi connectivity index (χ2v) is 9.68. The van der Waals surface area contributed by atoms with E-state index in [9.17, 15) is 18.0 Å². The van der Waals surface area contributed by atoms with Gasteiger partial charge in [-0.2, -0.15) is 18.3 Å². The summed E-state index contributed by atoms with van der Waals surface area (Å²) in [6, 6.07) is 5.71. The maximum Gasteiger partial charge on any atom is 0.416 e. The topological polar surface area (TPSA) is 58.4 Å². The number of hydrogen-bond acceptors (Lipinski definition) is 3. The Morgan fingerprint density at radius 3 is 2.54 bits per heavy atom. The minimum absolute atomic E-state index is 0.141. The number of aryl methyl sites for hydroxylation is 1. The Morgan fingerprint density at radius 2 is 1.91 bits per heavy atom. The van der Waals surface area contributed by atoms with Crippen LogP contribution < -0.4 is 0 Å². The number of aromatic nitrogens is 2. The lowest BCUT2D eigenvalue weighted by molar-refractivity contribution is -0.139. The molecule has 4 rings (SSSR count). The molecule has 1 saturated heterocycles. The number of piperidine rings is 1. The molecule has 2 aromatic carbocycles. The second-order valence-electron chi connectivity index (χ2n) is 8.89. The molecule has 1 aromatic heterocycles. The molecule has 10 heteroatoms. The first-order valence-electron chi connectivity index (χ1n) is 11.1. The largest absolute Gasteiger partial charge is 0.481 e. The van der Waals surface area contributed by atoms with Crippen LogP contribution in [0.1, 0.15) is 41.5 Å². The molecule has 0 aliphatic carbocycles. The Balaban J connectivity index is 1.60. The van der Waals surface area contributed by atoms with Crippen molar-refractivity contribution in [3.8, 4) is 0 Å². The number of rotatable bonds is 6. The molecule has 2 heterocycles. The van der Waals surface area contributed by atoms with Crippen molar-refractivity contribution in [2.24, 2.45) is 5.92 Å². The highest BCUT2D eigenvalue weighted by molar-refractivity contribution is 6.37. The highest BCUT2D eigenvalue weighted by atomic mass is 35.5. The van der Waals surface area contributed by atoms with Crippen LogP contribution in [-0.4, -0.2) is 38.8 Å². The average molecular weight is 526 g/mol. The van der Waals surface area contributed by atoms with Gasteiger partial charge >= 0.3 is 12.1 Å². The van der Waals surface area contributed by atoms with E-state index >= 15 is 0 Å². The van der Waals surface area contributed by atoms with Gasteiger partial charge in [0.25, 0.3) is 0 Å². The zero-order chi connectivity index (χ0) is 25.5. The number of benzene rings is 2. The van der Waals surface area contributed by atoms with Crippen LogP contribution >= 0.6 is 23.2 Å². The lowest BCUT2D eigenvalue weighted by Crippen LogP contribution is -2.33. The summed E-state index contributed by atoms with van der Waals surface area (Å²) >= 11 is 13.3. The predicted octanol–water partition coefficient (Wildman–Crippen LogP) is 6.88. The first kappa shape index (κ1) is 25.4. The van der Waals surface area contributed by atoms with Crippen molar-refractivity contribution in [3.05, 3.63) is 69.3 Å². The van der Waals surface area contributed by atoms with Gasteiger partial charge in [0.15, 0.2) is 0 Å². The van der Waals surface area contributed by atoms with Gasteiger partial charge in [-0.25, -0.2) is 0 Å². The van der Waals surface area contributed by atoms with Gasteiger partial charge in [-0.15, -0.1) is 0 Å². The zero-order valence-electron chi connectivity index (χ0n) is 19.0. The number of aliphatic carboxylic acids is 1. The Kier molecular flexibility index (Phi) is 7.06. The fourth-order valence-corrected chi connectivity index (χ4v) is 5.27. The van der Waals surface area contributed by atoms with Crippen LogP contribution in [0.15, 0.2) is 37.0 Å². The van der Waals surface area contributed by atoms with Crippen LogP contribution in [0.3, 0.4) is 0 Å². The fourth-order valence-electron chi connectivity index (χ4n) is 4.67. The third-order valence-corrected chi connectivity index (χ3v) is 7.30. The van der Waals surface area contributed by atoms with E-state index in [0.29, 0.717) is 50.7 Å². The molecule has 1 aliphatic heterocycles. The van der Waals surface area contributed by atoms with E-state index in [1.54, 1.807) is 23.7 Å². The molecule has 1 N–H and O–H groups in total. The highest BCUT2D eigenvalue weighted by Crippen LogP contribution is 2.37. The van der Waals surface area contributed by atoms with Crippen LogP contribution in [0.5, 0.6) is 0 Å². The molecule has 186 valence electrons. The van der Waals surface area contributed by atoms with Gasteiger partial charge in [0, 0.05) is 46.7 Å². The second kappa shape index (κ2) is 9.74. The number of likely N-dealkylation sites (tertiary alicyclic amines) is 1. The highest BCUT2D eigenvalue weighted by Gasteiger charge is 2.31. The quantitative estimate of drug-likeness (QED) is 0.381. The molecule has 35 heavy (non-hydrogen) atoms. The van der Waals surface area contributed by atoms with Gasteiger partial charge in [0.1, 0.15) is 0 Å². The van der Waals surface area contributed by atoms with E-state index in [2.05, 4.69) is 16.6 Å². The number of fused-ring (bicyclic) bond motifs is 1. The van der Waals surface area contributed by atoms with E-state index in [-0.39, 0.29) is 18.9 Å². The van der Waals surface area contributed by atoms with Crippen LogP contribution in [0.2, 0.25) is 10.0 Å². The molecule has 3 aromatic rings. The van der Waals surface area contributed by atoms with E-state index in [1.807, 2.05) is 0 Å². The minimum Gasteiger partial charge on any atom is -0.481 e. The van der Waals surface area contributed by atoms with Crippen molar-refractivity contribution in [2.45, 2.75) is 38.9 Å². The summed E-state index contributed by atoms with van der Waals surface area (Å²) < 4.78 is 41.2. The number of hydrogen-bond donors (Lipinski definition) is 1. The van der Waals surface area contributed by atoms with Gasteiger partial charge in [-0.1, -0.05) is 29.8 Å². The standard InChI is InChI=1S/C25H24Cl2F3N3O2/c1-14-9-18(25(28,29)30)11-17-12-31-33(24(14)17)13-20-21(26)4-3-19(23(20)27)15(2)32-7-5-16(6-8-32)10-22(34)35/h3-4,9,11-12,16H,2,5-8,10,13H2,1H3,(H,34,35). The van der Waals surface area contributed by atoms with Gasteiger partial charge < -0.3 is 10.0 Å². The van der Waals surface area contributed by atoms with Crippen LogP contribution in [0, 0.1) is 12.8 Å². The van der Waals surface area contributed by atoms with Gasteiger partial charge in [0.05, 0.1) is 28.8 Å². The fraction of sp³-hybridized carbons (Fsp3) is 0.360. The molecule has 0 unspecified atom stereocenters. The zero-order valence-corrected chi connectivity index (χ0v) is 20.5. The van der Waals surface area contributed by atoms with Crippen molar-refractivity contribution in [1.82, 2.24) is 14.7 Å². The summed E-state index contributed by atoms with van der Waals surface area (Å²) in [7, 11) is 0. The summed E-state index contributed by atoms with van der Waals surface area (Å²) in [4.78, 5) is 13.1. The molecular weight excluding hydrogens is 502 g/mol. The number of carboxylic acid groups (broad SMARTS) is 1. The maximum atomic E-state index is 13.2. The van der Waals surface area contributed by atoms with E-state index in [1.165, 1.54) is 6.20 Å². The van der Waals surface area contributed by atoms with Crippen molar-refractivity contribution in [2.75, 3.05) is 13.1 Å². The smallest absolute Gasteiger partial charge is 0.416 e. The Labute approximate surface area is 210 Å². The third kappa shape index (κ3) is 5.28. The Hall–Kier alpha value is -2.71. The van der Waals surface area contributed by atoms with Crippen molar-refractivity contribution < 1.29 is 23.1 Å². The molecule has 0 atom stereocenters. The van der Waals surface area contributed by atoms with Gasteiger partial charge in [0.2, 0.25) is 0 Å². The summed E-state index contributed by atoms with van der Waals surface area (Å²) in [5.41, 5.74) is 2.33. The third-order valence-electron chi connectivity index (χ3n) is 6.52. The maximum absolute atomic E-state index is 13.2. The molecule has 0 radical (unpaired) electrons. The molecule has 1 aliphatic rings. The summed E-state index contributed by atoms with van der Waals surface area (Å²) in [5.74, 6) is -0.648. The average Bonchev–Trinajstić information content (AvgIpc) is 3.19. The predicted molar refractivity (Wildman–Crippen MR) is 131 cm³/mol. The lowest BCUT2D eigenvalue weighted by atomic mass is 9.93. The summed E-state index contributed by atoms with van der Waals surface area (Å²) in [6.07, 6.45) is -1.37. The van der Waals surface area contributed by atoms with Gasteiger partial charge in [-0.3, -0.25) is 9.48 Å². The van der Waals surface area contributed by atoms with Crippen LogP contribution in [0.25, 0.3) is 16.6 Å². The number of carboxylic acids is 1. The molecule has 0 amide bonds. The number of nitrogens with zero attached hydrogens (tertiary/aromatic N) is 3. The summed E-state index contributed by atoms with van der Waals surface area (Å²) in [5, 5.41) is 14.5. The van der Waals surface area contributed by atoms with Crippen LogP contribution in [-0.2, 0) is 17.5 Å². The van der Waals surface area contributed by atoms with E-state index in [4.69, 9.17) is 28.3 Å². The van der Waals surface area contributed by atoms with Crippen molar-refractivity contribution in [1.29, 1.82) is 0 Å². The Morgan fingerprint density at radius 1 is 1.23 bits per heavy atom. The molecule has 0 bridgehead atoms. The number of halogens is 5. The molecule has 1 fully saturated rings. The molecular formula is C25H24Cl2F3N3O2. The minimum atomic E-state index is -4.44. The molecule has 0 spiro atoms. The van der Waals surface area contributed by atoms with Gasteiger partial charge in [-0.05, 0) is 55.5 Å². The monoisotopic (exact) mass is 525 g/mol. The Bertz CT molecular complexity index is 1300.